The molecule has 0 aliphatic carbocycles. The maximum Gasteiger partial charge on any atom is 0.0357 e. The fourth-order valence-corrected chi connectivity index (χ4v) is 0.799. The highest BCUT2D eigenvalue weighted by Gasteiger charge is 2.07. The van der Waals surface area contributed by atoms with E-state index in [1.165, 1.54) is 0 Å². The van der Waals surface area contributed by atoms with Crippen LogP contribution in [-0.2, 0) is 0 Å². The van der Waals surface area contributed by atoms with E-state index < -0.39 is 0 Å². The first-order valence-corrected chi connectivity index (χ1v) is 3.77. The molecule has 0 aromatic heterocycles. The normalized spacial score (nSPS) is 13.6. The topological polar surface area (TPSA) is 12.4 Å². The molecule has 58 valence electrons. The van der Waals surface area contributed by atoms with Gasteiger partial charge in [0.05, 0.1) is 0 Å². The second-order valence-electron chi connectivity index (χ2n) is 2.95. The Balaban J connectivity index is 3.98. The summed E-state index contributed by atoms with van der Waals surface area (Å²) < 4.78 is 0. The summed E-state index contributed by atoms with van der Waals surface area (Å²) in [5.41, 5.74) is 0.130. The molecule has 0 aliphatic rings. The Morgan fingerprint density at radius 2 is 2.00 bits per heavy atom. The molecular formula is C9H17N. The zero-order valence-electron chi connectivity index (χ0n) is 7.39. The summed E-state index contributed by atoms with van der Waals surface area (Å²) in [4.78, 5) is 4.19. The summed E-state index contributed by atoms with van der Waals surface area (Å²) in [5.74, 6) is 0. The van der Waals surface area contributed by atoms with Crippen molar-refractivity contribution in [2.45, 2.75) is 27.7 Å². The average molecular weight is 139 g/mol. The van der Waals surface area contributed by atoms with Gasteiger partial charge in [0, 0.05) is 18.2 Å². The second kappa shape index (κ2) is 4.26. The molecule has 1 nitrogen and oxygen atoms in total. The molecule has 0 spiro atoms. The van der Waals surface area contributed by atoms with Gasteiger partial charge >= 0.3 is 0 Å². The van der Waals surface area contributed by atoms with Gasteiger partial charge in [-0.25, -0.2) is 0 Å². The van der Waals surface area contributed by atoms with Gasteiger partial charge in [0.25, 0.3) is 0 Å². The minimum Gasteiger partial charge on any atom is -0.297 e. The number of nitrogens with zero attached hydrogens (tertiary/aromatic N) is 1. The minimum atomic E-state index is 0.130. The molecule has 0 aliphatic heterocycles. The van der Waals surface area contributed by atoms with Crippen LogP contribution in [0.3, 0.4) is 0 Å². The first-order valence-electron chi connectivity index (χ1n) is 3.77. The molecule has 0 aromatic rings. The summed E-state index contributed by atoms with van der Waals surface area (Å²) in [5, 5.41) is 0. The van der Waals surface area contributed by atoms with E-state index in [1.54, 1.807) is 0 Å². The molecule has 0 aromatic carbocycles. The predicted molar refractivity (Wildman–Crippen MR) is 47.6 cm³/mol. The van der Waals surface area contributed by atoms with E-state index in [-0.39, 0.29) is 5.41 Å². The zero-order chi connectivity index (χ0) is 8.04. The molecular weight excluding hydrogens is 122 g/mol. The van der Waals surface area contributed by atoms with E-state index in [9.17, 15) is 0 Å². The van der Waals surface area contributed by atoms with Crippen molar-refractivity contribution >= 4 is 6.21 Å². The van der Waals surface area contributed by atoms with Crippen molar-refractivity contribution in [2.24, 2.45) is 10.4 Å². The number of allylic oxidation sites excluding steroid dienone is 2. The predicted octanol–water partition coefficient (Wildman–Crippen LogP) is 2.68. The fourth-order valence-electron chi connectivity index (χ4n) is 0.799. The fraction of sp³-hybridized carbons (Fsp3) is 0.667. The molecule has 1 heteroatoms. The highest BCUT2D eigenvalue weighted by atomic mass is 14.7. The van der Waals surface area contributed by atoms with Crippen LogP contribution in [0.1, 0.15) is 27.7 Å². The van der Waals surface area contributed by atoms with E-state index in [0.717, 1.165) is 6.54 Å². The van der Waals surface area contributed by atoms with Gasteiger partial charge in [-0.3, -0.25) is 4.99 Å². The van der Waals surface area contributed by atoms with Crippen LogP contribution in [0, 0.1) is 5.41 Å². The van der Waals surface area contributed by atoms with E-state index in [0.29, 0.717) is 0 Å². The molecule has 10 heavy (non-hydrogen) atoms. The van der Waals surface area contributed by atoms with Crippen molar-refractivity contribution in [3.8, 4) is 0 Å². The molecule has 0 saturated heterocycles. The van der Waals surface area contributed by atoms with Crippen molar-refractivity contribution in [1.82, 2.24) is 0 Å². The molecule has 0 radical (unpaired) electrons. The van der Waals surface area contributed by atoms with Crippen LogP contribution >= 0.6 is 0 Å². The molecule has 0 unspecified atom stereocenters. The maximum atomic E-state index is 4.19. The van der Waals surface area contributed by atoms with Gasteiger partial charge < -0.3 is 0 Å². The smallest absolute Gasteiger partial charge is 0.0357 e. The molecule has 0 saturated carbocycles. The van der Waals surface area contributed by atoms with Crippen LogP contribution in [0.15, 0.2) is 17.1 Å². The van der Waals surface area contributed by atoms with Gasteiger partial charge in [0.15, 0.2) is 0 Å². The molecule has 0 N–H and O–H groups in total. The molecule has 0 bridgehead atoms. The first kappa shape index (κ1) is 9.41. The van der Waals surface area contributed by atoms with Crippen LogP contribution in [0.4, 0.5) is 0 Å². The summed E-state index contributed by atoms with van der Waals surface area (Å²) in [6.07, 6.45) is 6.20. The third-order valence-electron chi connectivity index (χ3n) is 1.20. The summed E-state index contributed by atoms with van der Waals surface area (Å²) in [7, 11) is 0. The molecule has 0 fully saturated rings. The Labute approximate surface area is 63.9 Å². The average Bonchev–Trinajstić information content (AvgIpc) is 1.84. The monoisotopic (exact) mass is 139 g/mol. The lowest BCUT2D eigenvalue weighted by Crippen LogP contribution is -2.08. The quantitative estimate of drug-likeness (QED) is 0.421. The highest BCUT2D eigenvalue weighted by molar-refractivity contribution is 5.67. The van der Waals surface area contributed by atoms with Crippen LogP contribution in [0.25, 0.3) is 0 Å². The third kappa shape index (κ3) is 4.30. The van der Waals surface area contributed by atoms with Gasteiger partial charge in [0.1, 0.15) is 0 Å². The second-order valence-corrected chi connectivity index (χ2v) is 2.95. The Morgan fingerprint density at radius 1 is 1.40 bits per heavy atom. The van der Waals surface area contributed by atoms with Crippen molar-refractivity contribution in [2.75, 3.05) is 6.54 Å². The number of rotatable bonds is 3. The largest absolute Gasteiger partial charge is 0.297 e. The number of aliphatic imine (C=N–C) groups is 1. The lowest BCUT2D eigenvalue weighted by molar-refractivity contribution is 0.689. The van der Waals surface area contributed by atoms with E-state index in [2.05, 4.69) is 31.0 Å². The minimum absolute atomic E-state index is 0.130. The van der Waals surface area contributed by atoms with E-state index in [4.69, 9.17) is 0 Å². The standard InChI is InChI=1S/C9H17N/c1-5-7-9(3,4)8-10-6-2/h5,7-8H,6H2,1-4H3/b7-5-,10-8?. The lowest BCUT2D eigenvalue weighted by Gasteiger charge is -2.12. The van der Waals surface area contributed by atoms with Gasteiger partial charge in [-0.1, -0.05) is 26.0 Å². The van der Waals surface area contributed by atoms with Crippen LogP contribution in [0.5, 0.6) is 0 Å². The Hall–Kier alpha value is -0.590. The third-order valence-corrected chi connectivity index (χ3v) is 1.20. The van der Waals surface area contributed by atoms with Gasteiger partial charge in [-0.05, 0) is 13.8 Å². The Morgan fingerprint density at radius 3 is 2.40 bits per heavy atom. The van der Waals surface area contributed by atoms with Crippen molar-refractivity contribution in [3.05, 3.63) is 12.2 Å². The zero-order valence-corrected chi connectivity index (χ0v) is 7.39. The Bertz CT molecular complexity index is 132. The molecule has 0 atom stereocenters. The highest BCUT2D eigenvalue weighted by Crippen LogP contribution is 2.12. The van der Waals surface area contributed by atoms with Gasteiger partial charge in [0.2, 0.25) is 0 Å². The summed E-state index contributed by atoms with van der Waals surface area (Å²) in [6.45, 7) is 9.24. The Kier molecular flexibility index (Phi) is 4.01. The van der Waals surface area contributed by atoms with Gasteiger partial charge in [-0.15, -0.1) is 0 Å². The van der Waals surface area contributed by atoms with Crippen molar-refractivity contribution in [1.29, 1.82) is 0 Å². The van der Waals surface area contributed by atoms with Crippen LogP contribution in [-0.4, -0.2) is 12.8 Å². The van der Waals surface area contributed by atoms with Crippen LogP contribution in [0.2, 0.25) is 0 Å². The van der Waals surface area contributed by atoms with Gasteiger partial charge in [-0.2, -0.15) is 0 Å². The number of hydrogen-bond donors (Lipinski definition) is 0. The van der Waals surface area contributed by atoms with Crippen LogP contribution < -0.4 is 0 Å². The van der Waals surface area contributed by atoms with E-state index >= 15 is 0 Å². The van der Waals surface area contributed by atoms with Crippen molar-refractivity contribution < 1.29 is 0 Å². The molecule has 0 heterocycles. The molecule has 0 amide bonds. The molecule has 0 rings (SSSR count). The lowest BCUT2D eigenvalue weighted by atomic mass is 9.95. The number of hydrogen-bond acceptors (Lipinski definition) is 1. The van der Waals surface area contributed by atoms with Crippen molar-refractivity contribution in [3.63, 3.8) is 0 Å². The summed E-state index contributed by atoms with van der Waals surface area (Å²) in [6, 6.07) is 0. The SMILES string of the molecule is C/C=C\C(C)(C)C=NCC. The van der Waals surface area contributed by atoms with E-state index in [1.807, 2.05) is 20.1 Å². The maximum absolute atomic E-state index is 4.19. The first-order chi connectivity index (χ1) is 4.62. The summed E-state index contributed by atoms with van der Waals surface area (Å²) >= 11 is 0.